The van der Waals surface area contributed by atoms with Crippen molar-refractivity contribution in [3.63, 3.8) is 0 Å². The zero-order chi connectivity index (χ0) is 28.6. The smallest absolute Gasteiger partial charge is 0.294 e. The Morgan fingerprint density at radius 1 is 1.00 bits per heavy atom. The second kappa shape index (κ2) is 13.8. The second-order valence-electron chi connectivity index (χ2n) is 10.1. The van der Waals surface area contributed by atoms with Crippen molar-refractivity contribution in [3.8, 4) is 0 Å². The van der Waals surface area contributed by atoms with Crippen molar-refractivity contribution in [3.05, 3.63) is 65.2 Å². The fourth-order valence-electron chi connectivity index (χ4n) is 4.64. The molecule has 39 heavy (non-hydrogen) atoms. The van der Waals surface area contributed by atoms with E-state index in [4.69, 9.17) is 5.73 Å². The molecule has 0 fully saturated rings. The number of carbonyl (C=O) groups excluding carboxylic acids is 3. The van der Waals surface area contributed by atoms with Crippen LogP contribution in [0.3, 0.4) is 0 Å². The van der Waals surface area contributed by atoms with Crippen molar-refractivity contribution in [2.75, 3.05) is 7.05 Å². The first-order chi connectivity index (χ1) is 18.5. The average molecular weight is 559 g/mol. The van der Waals surface area contributed by atoms with Crippen molar-refractivity contribution in [1.82, 2.24) is 16.0 Å². The predicted octanol–water partition coefficient (Wildman–Crippen LogP) is 1.31. The summed E-state index contributed by atoms with van der Waals surface area (Å²) in [6.45, 7) is 1.68. The van der Waals surface area contributed by atoms with Crippen LogP contribution in [0.4, 0.5) is 0 Å². The van der Waals surface area contributed by atoms with Gasteiger partial charge in [0.2, 0.25) is 11.8 Å². The molecule has 1 aliphatic rings. The van der Waals surface area contributed by atoms with Crippen molar-refractivity contribution < 1.29 is 27.4 Å². The van der Waals surface area contributed by atoms with Crippen LogP contribution in [0.5, 0.6) is 0 Å². The van der Waals surface area contributed by atoms with Crippen molar-refractivity contribution in [2.45, 2.75) is 80.9 Å². The van der Waals surface area contributed by atoms with E-state index in [1.165, 1.54) is 35.4 Å². The van der Waals surface area contributed by atoms with Gasteiger partial charge in [-0.15, -0.1) is 0 Å². The number of fused-ring (bicyclic) bond motifs is 1. The van der Waals surface area contributed by atoms with Gasteiger partial charge in [-0.2, -0.15) is 8.42 Å². The molecule has 2 amide bonds. The maximum Gasteiger partial charge on any atom is 0.294 e. The SMILES string of the molecule is CN[C@@H](C)C(=O)N[C@@H](Cc1ccc(S(=O)(=O)O)cc1)C(=O)CCCC[C@H](N)C(=O)NC1Cc2ccccc2C1. The highest BCUT2D eigenvalue weighted by molar-refractivity contribution is 7.85. The van der Waals surface area contributed by atoms with Crippen molar-refractivity contribution in [1.29, 1.82) is 0 Å². The maximum absolute atomic E-state index is 13.1. The largest absolute Gasteiger partial charge is 0.351 e. The van der Waals surface area contributed by atoms with Crippen LogP contribution in [-0.4, -0.2) is 61.8 Å². The minimum atomic E-state index is -4.33. The topological polar surface area (TPSA) is 168 Å². The summed E-state index contributed by atoms with van der Waals surface area (Å²) in [5.74, 6) is -0.705. The van der Waals surface area contributed by atoms with Crippen LogP contribution in [0.25, 0.3) is 0 Å². The van der Waals surface area contributed by atoms with Gasteiger partial charge in [0, 0.05) is 12.5 Å². The first-order valence-corrected chi connectivity index (χ1v) is 14.6. The minimum Gasteiger partial charge on any atom is -0.351 e. The molecule has 0 bridgehead atoms. The predicted molar refractivity (Wildman–Crippen MR) is 148 cm³/mol. The van der Waals surface area contributed by atoms with E-state index in [-0.39, 0.29) is 41.4 Å². The molecule has 2 aromatic rings. The van der Waals surface area contributed by atoms with Gasteiger partial charge in [0.15, 0.2) is 5.78 Å². The number of carbonyl (C=O) groups is 3. The molecule has 0 radical (unpaired) electrons. The van der Waals surface area contributed by atoms with Gasteiger partial charge >= 0.3 is 0 Å². The molecule has 212 valence electrons. The summed E-state index contributed by atoms with van der Waals surface area (Å²) in [4.78, 5) is 37.9. The quantitative estimate of drug-likeness (QED) is 0.171. The van der Waals surface area contributed by atoms with Gasteiger partial charge in [0.05, 0.1) is 23.0 Å². The first kappa shape index (κ1) is 30.4. The molecule has 11 heteroatoms. The molecule has 0 aromatic heterocycles. The van der Waals surface area contributed by atoms with E-state index in [1.807, 2.05) is 12.1 Å². The molecule has 0 unspecified atom stereocenters. The molecule has 10 nitrogen and oxygen atoms in total. The monoisotopic (exact) mass is 558 g/mol. The summed E-state index contributed by atoms with van der Waals surface area (Å²) in [7, 11) is -2.69. The summed E-state index contributed by atoms with van der Waals surface area (Å²) in [6, 6.07) is 11.7. The molecule has 6 N–H and O–H groups in total. The normalized spacial score (nSPS) is 15.7. The number of benzene rings is 2. The zero-order valence-corrected chi connectivity index (χ0v) is 23.2. The molecule has 0 saturated carbocycles. The van der Waals surface area contributed by atoms with Gasteiger partial charge in [0.1, 0.15) is 0 Å². The Hall–Kier alpha value is -3.12. The van der Waals surface area contributed by atoms with Gasteiger partial charge in [-0.1, -0.05) is 42.8 Å². The number of unbranched alkanes of at least 4 members (excludes halogenated alkanes) is 1. The third-order valence-electron chi connectivity index (χ3n) is 7.11. The highest BCUT2D eigenvalue weighted by atomic mass is 32.2. The molecule has 0 heterocycles. The third-order valence-corrected chi connectivity index (χ3v) is 7.98. The number of nitrogens with two attached hydrogens (primary N) is 1. The lowest BCUT2D eigenvalue weighted by Gasteiger charge is -2.21. The zero-order valence-electron chi connectivity index (χ0n) is 22.4. The van der Waals surface area contributed by atoms with Crippen LogP contribution >= 0.6 is 0 Å². The van der Waals surface area contributed by atoms with Crippen LogP contribution < -0.4 is 21.7 Å². The molecular weight excluding hydrogens is 520 g/mol. The first-order valence-electron chi connectivity index (χ1n) is 13.2. The van der Waals surface area contributed by atoms with E-state index in [2.05, 4.69) is 28.1 Å². The Bertz CT molecular complexity index is 1240. The average Bonchev–Trinajstić information content (AvgIpc) is 3.31. The Morgan fingerprint density at radius 2 is 1.62 bits per heavy atom. The Labute approximate surface area is 229 Å². The number of rotatable bonds is 14. The lowest BCUT2D eigenvalue weighted by atomic mass is 9.97. The van der Waals surface area contributed by atoms with Crippen LogP contribution in [0.15, 0.2) is 53.4 Å². The lowest BCUT2D eigenvalue weighted by Crippen LogP contribution is -2.49. The van der Waals surface area contributed by atoms with Gasteiger partial charge in [-0.05, 0) is 74.9 Å². The number of ketones is 1. The molecule has 3 rings (SSSR count). The van der Waals surface area contributed by atoms with E-state index in [0.717, 1.165) is 12.8 Å². The molecule has 1 aliphatic carbocycles. The highest BCUT2D eigenvalue weighted by Crippen LogP contribution is 2.22. The van der Waals surface area contributed by atoms with E-state index < -0.39 is 28.2 Å². The van der Waals surface area contributed by atoms with E-state index >= 15 is 0 Å². The number of Topliss-reactive ketones (excluding diaryl/α,β-unsaturated/α-hetero) is 1. The molecule has 2 aromatic carbocycles. The molecule has 0 spiro atoms. The second-order valence-corrected chi connectivity index (χ2v) is 11.5. The Morgan fingerprint density at radius 3 is 2.18 bits per heavy atom. The van der Waals surface area contributed by atoms with Gasteiger partial charge < -0.3 is 21.7 Å². The standard InChI is InChI=1S/C28H38N4O6S/c1-18(30-2)27(34)32-25(15-19-11-13-23(14-12-19)39(36,37)38)26(33)10-6-5-9-24(29)28(35)31-22-16-20-7-3-4-8-21(20)17-22/h3-4,7-8,11-14,18,22,24-25,30H,5-6,9-10,15-17,29H2,1-2H3,(H,31,35)(H,32,34)(H,36,37,38)/t18-,24-,25-/m0/s1. The van der Waals surface area contributed by atoms with E-state index in [0.29, 0.717) is 24.8 Å². The molecule has 0 saturated heterocycles. The highest BCUT2D eigenvalue weighted by Gasteiger charge is 2.26. The number of hydrogen-bond acceptors (Lipinski definition) is 7. The molecule has 3 atom stereocenters. The van der Waals surface area contributed by atoms with Crippen LogP contribution in [0.1, 0.15) is 49.3 Å². The van der Waals surface area contributed by atoms with Crippen LogP contribution in [-0.2, 0) is 43.8 Å². The Balaban J connectivity index is 1.49. The number of hydrogen-bond donors (Lipinski definition) is 5. The lowest BCUT2D eigenvalue weighted by molar-refractivity contribution is -0.128. The Kier molecular flexibility index (Phi) is 10.8. The summed E-state index contributed by atoms with van der Waals surface area (Å²) in [6.07, 6.45) is 3.45. The number of amides is 2. The fraction of sp³-hybridized carbons (Fsp3) is 0.464. The summed E-state index contributed by atoms with van der Waals surface area (Å²) >= 11 is 0. The van der Waals surface area contributed by atoms with Gasteiger partial charge in [-0.3, -0.25) is 18.9 Å². The number of nitrogens with one attached hydrogen (secondary N) is 3. The maximum atomic E-state index is 13.1. The van der Waals surface area contributed by atoms with Crippen LogP contribution in [0, 0.1) is 0 Å². The summed E-state index contributed by atoms with van der Waals surface area (Å²) in [5.41, 5.74) is 9.24. The van der Waals surface area contributed by atoms with Crippen LogP contribution in [0.2, 0.25) is 0 Å². The van der Waals surface area contributed by atoms with E-state index in [1.54, 1.807) is 14.0 Å². The van der Waals surface area contributed by atoms with E-state index in [9.17, 15) is 27.4 Å². The van der Waals surface area contributed by atoms with Crippen molar-refractivity contribution in [2.24, 2.45) is 5.73 Å². The van der Waals surface area contributed by atoms with Gasteiger partial charge in [0.25, 0.3) is 10.1 Å². The third kappa shape index (κ3) is 8.96. The van der Waals surface area contributed by atoms with Crippen molar-refractivity contribution >= 4 is 27.7 Å². The van der Waals surface area contributed by atoms with Gasteiger partial charge in [-0.25, -0.2) is 0 Å². The summed E-state index contributed by atoms with van der Waals surface area (Å²) < 4.78 is 31.8. The molecule has 0 aliphatic heterocycles. The molecular formula is C28H38N4O6S. The minimum absolute atomic E-state index is 0.0402. The summed E-state index contributed by atoms with van der Waals surface area (Å²) in [5, 5.41) is 8.64. The fourth-order valence-corrected chi connectivity index (χ4v) is 5.12. The number of likely N-dealkylation sites (N-methyl/N-ethyl adjacent to an activating group) is 1.